The summed E-state index contributed by atoms with van der Waals surface area (Å²) in [5, 5.41) is 0. The first kappa shape index (κ1) is 12.4. The van der Waals surface area contributed by atoms with Gasteiger partial charge in [0.2, 0.25) is 0 Å². The smallest absolute Gasteiger partial charge is 0.0928 e. The summed E-state index contributed by atoms with van der Waals surface area (Å²) in [6.07, 6.45) is 1.05. The van der Waals surface area contributed by atoms with Crippen molar-refractivity contribution in [2.45, 2.75) is 18.9 Å². The lowest BCUT2D eigenvalue weighted by Gasteiger charge is -2.03. The average Bonchev–Trinajstić information content (AvgIpc) is 2.70. The predicted octanol–water partition coefficient (Wildman–Crippen LogP) is 2.60. The molecule has 0 bridgehead atoms. The number of ether oxygens (including phenoxy) is 1. The van der Waals surface area contributed by atoms with E-state index < -0.39 is 0 Å². The topological polar surface area (TPSA) is 47.5 Å². The molecule has 2 rings (SSSR count). The summed E-state index contributed by atoms with van der Waals surface area (Å²) in [4.78, 5) is 0. The van der Waals surface area contributed by atoms with E-state index in [4.69, 9.17) is 4.74 Å². The van der Waals surface area contributed by atoms with Crippen molar-refractivity contribution in [3.8, 4) is 0 Å². The molecule has 1 aromatic carbocycles. The molecule has 0 saturated carbocycles. The van der Waals surface area contributed by atoms with Gasteiger partial charge in [-0.05, 0) is 12.5 Å². The molecule has 13 heavy (non-hydrogen) atoms. The molecule has 3 N–H and O–H groups in total. The summed E-state index contributed by atoms with van der Waals surface area (Å²) in [7, 11) is 0. The lowest BCUT2D eigenvalue weighted by molar-refractivity contribution is 0.322. The molecule has 1 aliphatic rings. The number of epoxide rings is 1. The van der Waals surface area contributed by atoms with Gasteiger partial charge in [-0.1, -0.05) is 30.3 Å². The van der Waals surface area contributed by atoms with Crippen LogP contribution in [0.3, 0.4) is 0 Å². The Morgan fingerprint density at radius 3 is 2.31 bits per heavy atom. The van der Waals surface area contributed by atoms with Gasteiger partial charge in [-0.2, -0.15) is 0 Å². The van der Waals surface area contributed by atoms with Crippen molar-refractivity contribution in [2.75, 3.05) is 6.61 Å². The molecular weight excluding hydrogens is 186 g/mol. The zero-order chi connectivity index (χ0) is 7.73. The van der Waals surface area contributed by atoms with Crippen molar-refractivity contribution in [3.63, 3.8) is 0 Å². The summed E-state index contributed by atoms with van der Waals surface area (Å²) in [5.41, 5.74) is 1.52. The standard InChI is InChI=1S/C10H12O.ClH.H3N/c1-10(8-11-10)7-9-5-3-2-4-6-9;;/h2-6H,7-8H2,1H3;1H;1H3. The van der Waals surface area contributed by atoms with Gasteiger partial charge in [0.15, 0.2) is 0 Å². The molecular formula is C10H16ClNO. The molecule has 1 aromatic rings. The molecule has 3 heteroatoms. The van der Waals surface area contributed by atoms with E-state index in [1.54, 1.807) is 0 Å². The average molecular weight is 202 g/mol. The van der Waals surface area contributed by atoms with E-state index in [9.17, 15) is 0 Å². The largest absolute Gasteiger partial charge is 0.370 e. The van der Waals surface area contributed by atoms with Gasteiger partial charge in [0.05, 0.1) is 12.2 Å². The fourth-order valence-electron chi connectivity index (χ4n) is 1.25. The summed E-state index contributed by atoms with van der Waals surface area (Å²) in [6, 6.07) is 10.5. The Morgan fingerprint density at radius 2 is 1.85 bits per heavy atom. The van der Waals surface area contributed by atoms with Crippen molar-refractivity contribution < 1.29 is 4.74 Å². The molecule has 0 radical (unpaired) electrons. The van der Waals surface area contributed by atoms with Gasteiger partial charge in [-0.25, -0.2) is 0 Å². The van der Waals surface area contributed by atoms with E-state index >= 15 is 0 Å². The Labute approximate surface area is 85.3 Å². The highest BCUT2D eigenvalue weighted by atomic mass is 35.5. The van der Waals surface area contributed by atoms with Crippen molar-refractivity contribution in [2.24, 2.45) is 0 Å². The Hall–Kier alpha value is -0.570. The lowest BCUT2D eigenvalue weighted by Crippen LogP contribution is -2.08. The second kappa shape index (κ2) is 4.61. The van der Waals surface area contributed by atoms with E-state index in [0.29, 0.717) is 0 Å². The van der Waals surface area contributed by atoms with Crippen molar-refractivity contribution in [1.29, 1.82) is 0 Å². The molecule has 74 valence electrons. The number of hydrogen-bond donors (Lipinski definition) is 1. The SMILES string of the molecule is CC1(Cc2ccccc2)CO1.Cl.N. The van der Waals surface area contributed by atoms with Gasteiger partial charge in [0.1, 0.15) is 0 Å². The van der Waals surface area contributed by atoms with E-state index in [1.807, 2.05) is 6.07 Å². The van der Waals surface area contributed by atoms with Crippen LogP contribution in [0.4, 0.5) is 0 Å². The molecule has 1 unspecified atom stereocenters. The van der Waals surface area contributed by atoms with Crippen LogP contribution in [0.2, 0.25) is 0 Å². The second-order valence-electron chi connectivity index (χ2n) is 3.40. The second-order valence-corrected chi connectivity index (χ2v) is 3.40. The van der Waals surface area contributed by atoms with Gasteiger partial charge in [0, 0.05) is 6.42 Å². The van der Waals surface area contributed by atoms with Gasteiger partial charge < -0.3 is 10.9 Å². The van der Waals surface area contributed by atoms with Crippen LogP contribution in [0.15, 0.2) is 30.3 Å². The minimum absolute atomic E-state index is 0. The fraction of sp³-hybridized carbons (Fsp3) is 0.400. The lowest BCUT2D eigenvalue weighted by atomic mass is 10.0. The summed E-state index contributed by atoms with van der Waals surface area (Å²) < 4.78 is 5.30. The maximum Gasteiger partial charge on any atom is 0.0928 e. The summed E-state index contributed by atoms with van der Waals surface area (Å²) >= 11 is 0. The first-order valence-electron chi connectivity index (χ1n) is 3.96. The number of benzene rings is 1. The number of rotatable bonds is 2. The third-order valence-corrected chi connectivity index (χ3v) is 2.06. The van der Waals surface area contributed by atoms with Gasteiger partial charge in [0.25, 0.3) is 0 Å². The zero-order valence-corrected chi connectivity index (χ0v) is 8.64. The molecule has 0 aromatic heterocycles. The molecule has 0 amide bonds. The van der Waals surface area contributed by atoms with Crippen LogP contribution in [0.5, 0.6) is 0 Å². The van der Waals surface area contributed by atoms with Crippen LogP contribution in [0, 0.1) is 0 Å². The van der Waals surface area contributed by atoms with Gasteiger partial charge in [-0.3, -0.25) is 0 Å². The van der Waals surface area contributed by atoms with Gasteiger partial charge in [-0.15, -0.1) is 12.4 Å². The van der Waals surface area contributed by atoms with Crippen LogP contribution in [0.25, 0.3) is 0 Å². The fourth-order valence-corrected chi connectivity index (χ4v) is 1.25. The highest BCUT2D eigenvalue weighted by Gasteiger charge is 2.38. The Kier molecular flexibility index (Phi) is 4.40. The van der Waals surface area contributed by atoms with Crippen LogP contribution < -0.4 is 6.15 Å². The van der Waals surface area contributed by atoms with E-state index in [-0.39, 0.29) is 24.2 Å². The summed E-state index contributed by atoms with van der Waals surface area (Å²) in [6.45, 7) is 3.07. The summed E-state index contributed by atoms with van der Waals surface area (Å²) in [5.74, 6) is 0. The van der Waals surface area contributed by atoms with Crippen molar-refractivity contribution >= 4 is 12.4 Å². The number of halogens is 1. The molecule has 0 aliphatic carbocycles. The quantitative estimate of drug-likeness (QED) is 0.748. The molecule has 1 aliphatic heterocycles. The van der Waals surface area contributed by atoms with Crippen LogP contribution in [0.1, 0.15) is 12.5 Å². The van der Waals surface area contributed by atoms with Crippen LogP contribution in [-0.2, 0) is 11.2 Å². The molecule has 0 spiro atoms. The minimum Gasteiger partial charge on any atom is -0.370 e. The van der Waals surface area contributed by atoms with Crippen molar-refractivity contribution in [3.05, 3.63) is 35.9 Å². The predicted molar refractivity (Wildman–Crippen MR) is 56.8 cm³/mol. The third-order valence-electron chi connectivity index (χ3n) is 2.06. The Bertz CT molecular complexity index is 246. The first-order valence-corrected chi connectivity index (χ1v) is 3.96. The molecule has 1 fully saturated rings. The third kappa shape index (κ3) is 3.35. The molecule has 1 saturated heterocycles. The first-order chi connectivity index (χ1) is 5.29. The van der Waals surface area contributed by atoms with E-state index in [1.165, 1.54) is 5.56 Å². The Balaban J connectivity index is 0.000000720. The minimum atomic E-state index is 0. The number of hydrogen-bond acceptors (Lipinski definition) is 2. The van der Waals surface area contributed by atoms with Gasteiger partial charge >= 0.3 is 0 Å². The van der Waals surface area contributed by atoms with Crippen LogP contribution >= 0.6 is 12.4 Å². The van der Waals surface area contributed by atoms with E-state index in [0.717, 1.165) is 13.0 Å². The monoisotopic (exact) mass is 201 g/mol. The van der Waals surface area contributed by atoms with Crippen LogP contribution in [-0.4, -0.2) is 12.2 Å². The highest BCUT2D eigenvalue weighted by molar-refractivity contribution is 5.85. The normalized spacial score (nSPS) is 24.1. The molecule has 1 heterocycles. The molecule has 1 atom stereocenters. The molecule has 2 nitrogen and oxygen atoms in total. The maximum absolute atomic E-state index is 5.30. The Morgan fingerprint density at radius 1 is 1.31 bits per heavy atom. The van der Waals surface area contributed by atoms with Crippen molar-refractivity contribution in [1.82, 2.24) is 6.15 Å². The zero-order valence-electron chi connectivity index (χ0n) is 7.82. The van der Waals surface area contributed by atoms with E-state index in [2.05, 4.69) is 31.2 Å². The highest BCUT2D eigenvalue weighted by Crippen LogP contribution is 2.29. The maximum atomic E-state index is 5.30.